The normalized spacial score (nSPS) is 22.6. The van der Waals surface area contributed by atoms with Gasteiger partial charge in [-0.25, -0.2) is 18.2 Å². The molecule has 12 nitrogen and oxygen atoms in total. The van der Waals surface area contributed by atoms with E-state index in [1.54, 1.807) is 11.1 Å². The Labute approximate surface area is 310 Å². The molecule has 4 atom stereocenters. The van der Waals surface area contributed by atoms with E-state index in [9.17, 15) is 23.6 Å². The van der Waals surface area contributed by atoms with Gasteiger partial charge in [0.1, 0.15) is 23.6 Å². The number of carbonyl (C=O) groups excluding carboxylic acids is 4. The topological polar surface area (TPSA) is 126 Å². The second-order valence-corrected chi connectivity index (χ2v) is 14.2. The Bertz CT molecular complexity index is 1870. The lowest BCUT2D eigenvalue weighted by Crippen LogP contribution is -2.55. The molecule has 2 aromatic carbocycles. The highest BCUT2D eigenvalue weighted by atomic mass is 19.1. The molecule has 1 N–H and O–H groups in total. The molecule has 0 unspecified atom stereocenters. The Hall–Kier alpha value is -4.86. The zero-order chi connectivity index (χ0) is 37.8. The molecule has 1 aromatic heterocycles. The van der Waals surface area contributed by atoms with Crippen molar-refractivity contribution in [2.24, 2.45) is 11.8 Å². The molecule has 54 heavy (non-hydrogen) atoms. The molecule has 3 fully saturated rings. The predicted molar refractivity (Wildman–Crippen MR) is 189 cm³/mol. The van der Waals surface area contributed by atoms with Crippen LogP contribution in [-0.2, 0) is 35.2 Å². The standard InChI is InChI=1S/C39H43F3N6O6/c40-28-6-7-30(41)29(18-28)32-23-46(21-25-4-2-1-3-5-25)38(44-32)37(26-11-15-53-16-12-26)48(22-27-19-43-20-31(27)42)39(52)33-24-45(14-17-54-33)34(49)10-13-47-35(50)8-9-36(47)51/h1-9,18,23,26-27,31,33,37,43H,10-17,19-22,24H2/t27-,31-,33-,37+/m0/s1. The van der Waals surface area contributed by atoms with Crippen molar-refractivity contribution in [3.63, 3.8) is 0 Å². The summed E-state index contributed by atoms with van der Waals surface area (Å²) in [5, 5.41) is 3.08. The van der Waals surface area contributed by atoms with Gasteiger partial charge in [-0.15, -0.1) is 0 Å². The van der Waals surface area contributed by atoms with Crippen molar-refractivity contribution in [3.05, 3.63) is 89.9 Å². The lowest BCUT2D eigenvalue weighted by molar-refractivity contribution is -0.159. The fraction of sp³-hybridized carbons (Fsp3) is 0.462. The average Bonchev–Trinajstić information content (AvgIpc) is 3.89. The number of carbonyl (C=O) groups is 4. The minimum absolute atomic E-state index is 0.0108. The Morgan fingerprint density at radius 2 is 1.76 bits per heavy atom. The van der Waals surface area contributed by atoms with Crippen LogP contribution in [0.15, 0.2) is 66.9 Å². The van der Waals surface area contributed by atoms with E-state index in [4.69, 9.17) is 14.5 Å². The minimum atomic E-state index is -1.23. The molecule has 0 radical (unpaired) electrons. The van der Waals surface area contributed by atoms with Crippen LogP contribution in [0.4, 0.5) is 13.2 Å². The molecule has 4 aliphatic rings. The number of morpholine rings is 1. The number of alkyl halides is 1. The zero-order valence-electron chi connectivity index (χ0n) is 29.7. The largest absolute Gasteiger partial charge is 0.381 e. The number of halogens is 3. The van der Waals surface area contributed by atoms with Crippen molar-refractivity contribution in [1.82, 2.24) is 29.6 Å². The number of imide groups is 1. The predicted octanol–water partition coefficient (Wildman–Crippen LogP) is 3.27. The zero-order valence-corrected chi connectivity index (χ0v) is 29.7. The maximum Gasteiger partial charge on any atom is 0.254 e. The molecular formula is C39H43F3N6O6. The molecule has 4 aliphatic heterocycles. The van der Waals surface area contributed by atoms with E-state index in [0.29, 0.717) is 45.0 Å². The Morgan fingerprint density at radius 3 is 2.48 bits per heavy atom. The Kier molecular flexibility index (Phi) is 11.6. The SMILES string of the molecule is O=C(CCN1C(=O)C=CC1=O)N1CCO[C@H](C(=O)N(C[C@@H]2CNC[C@@H]2F)[C@@H](c2nc(-c3cc(F)ccc3F)cn2Cc2ccccc2)C2CCOCC2)C1. The van der Waals surface area contributed by atoms with Crippen molar-refractivity contribution >= 4 is 23.6 Å². The number of aromatic nitrogens is 2. The summed E-state index contributed by atoms with van der Waals surface area (Å²) < 4.78 is 58.8. The lowest BCUT2D eigenvalue weighted by Gasteiger charge is -2.42. The molecule has 0 spiro atoms. The van der Waals surface area contributed by atoms with Gasteiger partial charge in [0.05, 0.1) is 24.9 Å². The number of nitrogens with zero attached hydrogens (tertiary/aromatic N) is 5. The van der Waals surface area contributed by atoms with E-state index in [1.807, 2.05) is 34.9 Å². The number of hydrogen-bond acceptors (Lipinski definition) is 8. The van der Waals surface area contributed by atoms with Crippen LogP contribution >= 0.6 is 0 Å². The molecular weight excluding hydrogens is 705 g/mol. The number of imidazole rings is 1. The summed E-state index contributed by atoms with van der Waals surface area (Å²) in [7, 11) is 0. The van der Waals surface area contributed by atoms with Gasteiger partial charge in [0, 0.05) is 88.7 Å². The first-order valence-electron chi connectivity index (χ1n) is 18.4. The van der Waals surface area contributed by atoms with Gasteiger partial charge in [-0.2, -0.15) is 0 Å². The van der Waals surface area contributed by atoms with Crippen LogP contribution in [0.1, 0.15) is 36.7 Å². The summed E-state index contributed by atoms with van der Waals surface area (Å²) in [5.41, 5.74) is 1.06. The average molecular weight is 749 g/mol. The summed E-state index contributed by atoms with van der Waals surface area (Å²) in [6.45, 7) is 1.71. The van der Waals surface area contributed by atoms with Crippen LogP contribution in [0.25, 0.3) is 11.3 Å². The van der Waals surface area contributed by atoms with Gasteiger partial charge >= 0.3 is 0 Å². The summed E-state index contributed by atoms with van der Waals surface area (Å²) >= 11 is 0. The van der Waals surface area contributed by atoms with E-state index in [1.165, 1.54) is 4.90 Å². The second kappa shape index (κ2) is 16.7. The van der Waals surface area contributed by atoms with Crippen LogP contribution in [0, 0.1) is 23.5 Å². The molecule has 286 valence electrons. The van der Waals surface area contributed by atoms with Gasteiger partial charge in [-0.05, 0) is 42.5 Å². The van der Waals surface area contributed by atoms with Gasteiger partial charge < -0.3 is 29.2 Å². The molecule has 4 amide bonds. The van der Waals surface area contributed by atoms with Crippen LogP contribution in [0.5, 0.6) is 0 Å². The van der Waals surface area contributed by atoms with E-state index in [-0.39, 0.29) is 68.8 Å². The summed E-state index contributed by atoms with van der Waals surface area (Å²) in [4.78, 5) is 61.5. The Balaban J connectivity index is 1.25. The number of benzene rings is 2. The third-order valence-electron chi connectivity index (χ3n) is 10.6. The van der Waals surface area contributed by atoms with Crippen LogP contribution < -0.4 is 5.32 Å². The first kappa shape index (κ1) is 37.5. The molecule has 3 saturated heterocycles. The number of amides is 4. The molecule has 0 bridgehead atoms. The molecule has 0 saturated carbocycles. The third-order valence-corrected chi connectivity index (χ3v) is 10.6. The lowest BCUT2D eigenvalue weighted by atomic mass is 9.88. The summed E-state index contributed by atoms with van der Waals surface area (Å²) in [6.07, 6.45) is 2.62. The first-order valence-corrected chi connectivity index (χ1v) is 18.4. The van der Waals surface area contributed by atoms with E-state index >= 15 is 8.78 Å². The monoisotopic (exact) mass is 748 g/mol. The molecule has 7 rings (SSSR count). The highest BCUT2D eigenvalue weighted by Gasteiger charge is 2.43. The van der Waals surface area contributed by atoms with Crippen molar-refractivity contribution in [1.29, 1.82) is 0 Å². The fourth-order valence-electron chi connectivity index (χ4n) is 7.73. The maximum atomic E-state index is 15.4. The van der Waals surface area contributed by atoms with E-state index in [2.05, 4.69) is 5.32 Å². The smallest absolute Gasteiger partial charge is 0.254 e. The van der Waals surface area contributed by atoms with E-state index in [0.717, 1.165) is 40.8 Å². The van der Waals surface area contributed by atoms with Crippen molar-refractivity contribution in [2.75, 3.05) is 59.1 Å². The fourth-order valence-corrected chi connectivity index (χ4v) is 7.73. The summed E-state index contributed by atoms with van der Waals surface area (Å²) in [5.74, 6) is -3.40. The first-order chi connectivity index (χ1) is 26.2. The Morgan fingerprint density at radius 1 is 1.00 bits per heavy atom. The molecule has 5 heterocycles. The van der Waals surface area contributed by atoms with Gasteiger partial charge in [0.25, 0.3) is 17.7 Å². The van der Waals surface area contributed by atoms with Gasteiger partial charge in [0.2, 0.25) is 5.91 Å². The van der Waals surface area contributed by atoms with Crippen LogP contribution in [-0.4, -0.2) is 119 Å². The van der Waals surface area contributed by atoms with Gasteiger partial charge in [0.15, 0.2) is 6.10 Å². The second-order valence-electron chi connectivity index (χ2n) is 14.2. The number of hydrogen-bond donors (Lipinski definition) is 1. The third kappa shape index (κ3) is 8.27. The minimum Gasteiger partial charge on any atom is -0.381 e. The molecule has 15 heteroatoms. The quantitative estimate of drug-likeness (QED) is 0.280. The molecule has 3 aromatic rings. The van der Waals surface area contributed by atoms with Crippen LogP contribution in [0.2, 0.25) is 0 Å². The summed E-state index contributed by atoms with van der Waals surface area (Å²) in [6, 6.07) is 12.0. The van der Waals surface area contributed by atoms with Crippen molar-refractivity contribution < 1.29 is 41.8 Å². The maximum absolute atomic E-state index is 15.4. The van der Waals surface area contributed by atoms with Gasteiger partial charge in [-0.3, -0.25) is 24.1 Å². The highest BCUT2D eigenvalue weighted by Crippen LogP contribution is 2.39. The highest BCUT2D eigenvalue weighted by molar-refractivity contribution is 6.13. The van der Waals surface area contributed by atoms with Crippen LogP contribution in [0.3, 0.4) is 0 Å². The van der Waals surface area contributed by atoms with Gasteiger partial charge in [-0.1, -0.05) is 30.3 Å². The van der Waals surface area contributed by atoms with E-state index < -0.39 is 53.6 Å². The van der Waals surface area contributed by atoms with Crippen molar-refractivity contribution in [3.8, 4) is 11.3 Å². The number of nitrogens with one attached hydrogen (secondary N) is 1. The van der Waals surface area contributed by atoms with Crippen molar-refractivity contribution in [2.45, 2.75) is 44.1 Å². The number of ether oxygens (including phenoxy) is 2. The number of rotatable bonds is 12. The molecule has 0 aliphatic carbocycles.